The van der Waals surface area contributed by atoms with Crippen molar-refractivity contribution in [1.82, 2.24) is 0 Å². The van der Waals surface area contributed by atoms with Gasteiger partial charge in [-0.3, -0.25) is 4.79 Å². The van der Waals surface area contributed by atoms with Crippen LogP contribution in [-0.4, -0.2) is 48.4 Å². The zero-order valence-electron chi connectivity index (χ0n) is 18.8. The van der Waals surface area contributed by atoms with Crippen molar-refractivity contribution in [3.05, 3.63) is 53.1 Å². The van der Waals surface area contributed by atoms with Crippen LogP contribution in [0.2, 0.25) is 5.02 Å². The number of ether oxygens (including phenoxy) is 2. The van der Waals surface area contributed by atoms with Gasteiger partial charge in [-0.15, -0.1) is 0 Å². The van der Waals surface area contributed by atoms with Gasteiger partial charge in [0.05, 0.1) is 23.5 Å². The van der Waals surface area contributed by atoms with Crippen LogP contribution in [0.4, 0.5) is 11.4 Å². The van der Waals surface area contributed by atoms with Crippen molar-refractivity contribution < 1.29 is 24.2 Å². The number of amides is 1. The Morgan fingerprint density at radius 2 is 1.82 bits per heavy atom. The predicted molar refractivity (Wildman–Crippen MR) is 127 cm³/mol. The number of anilines is 2. The number of carboxylic acid groups (broad SMARTS) is 1. The molecular weight excluding hydrogens is 444 g/mol. The Bertz CT molecular complexity index is 998. The molecule has 4 rings (SSSR count). The summed E-state index contributed by atoms with van der Waals surface area (Å²) in [5.74, 6) is -0.469. The second-order valence-corrected chi connectivity index (χ2v) is 9.36. The molecule has 2 aliphatic rings. The van der Waals surface area contributed by atoms with Gasteiger partial charge >= 0.3 is 5.97 Å². The summed E-state index contributed by atoms with van der Waals surface area (Å²) < 4.78 is 11.7. The lowest BCUT2D eigenvalue weighted by Crippen LogP contribution is -2.45. The number of morpholine rings is 1. The number of nitrogens with zero attached hydrogens (tertiary/aromatic N) is 1. The van der Waals surface area contributed by atoms with Gasteiger partial charge in [0.1, 0.15) is 5.75 Å². The zero-order valence-corrected chi connectivity index (χ0v) is 19.5. The first kappa shape index (κ1) is 23.4. The van der Waals surface area contributed by atoms with Gasteiger partial charge in [0.15, 0.2) is 6.10 Å². The topological polar surface area (TPSA) is 88.1 Å². The van der Waals surface area contributed by atoms with Gasteiger partial charge in [-0.2, -0.15) is 0 Å². The molecule has 1 aliphatic heterocycles. The number of halogens is 1. The number of hydrogen-bond donors (Lipinski definition) is 2. The smallest absolute Gasteiger partial charge is 0.337 e. The van der Waals surface area contributed by atoms with Crippen LogP contribution >= 0.6 is 11.6 Å². The summed E-state index contributed by atoms with van der Waals surface area (Å²) in [7, 11) is 0. The van der Waals surface area contributed by atoms with Crippen LogP contribution < -0.4 is 15.0 Å². The molecule has 1 aliphatic carbocycles. The number of aromatic carboxylic acids is 1. The maximum Gasteiger partial charge on any atom is 0.337 e. The third-order valence-electron chi connectivity index (χ3n) is 5.90. The van der Waals surface area contributed by atoms with Crippen molar-refractivity contribution in [3.63, 3.8) is 0 Å². The Hall–Kier alpha value is -2.77. The molecule has 1 heterocycles. The minimum atomic E-state index is -1.10. The fraction of sp³-hybridized carbons (Fsp3) is 0.440. The molecule has 0 bridgehead atoms. The quantitative estimate of drug-likeness (QED) is 0.571. The van der Waals surface area contributed by atoms with E-state index in [-0.39, 0.29) is 29.4 Å². The number of nitrogens with one attached hydrogen (secondary N) is 1. The third kappa shape index (κ3) is 6.18. The van der Waals surface area contributed by atoms with Crippen LogP contribution in [0, 0.1) is 5.92 Å². The third-order valence-corrected chi connectivity index (χ3v) is 6.16. The second-order valence-electron chi connectivity index (χ2n) is 8.93. The first-order valence-electron chi connectivity index (χ1n) is 11.3. The minimum Gasteiger partial charge on any atom is -0.481 e. The van der Waals surface area contributed by atoms with Gasteiger partial charge in [-0.25, -0.2) is 4.79 Å². The van der Waals surface area contributed by atoms with E-state index < -0.39 is 12.1 Å². The van der Waals surface area contributed by atoms with Crippen molar-refractivity contribution in [2.24, 2.45) is 5.92 Å². The van der Waals surface area contributed by atoms with Crippen molar-refractivity contribution >= 4 is 34.9 Å². The molecule has 1 saturated heterocycles. The van der Waals surface area contributed by atoms with Crippen LogP contribution in [-0.2, 0) is 9.53 Å². The van der Waals surface area contributed by atoms with E-state index in [1.54, 1.807) is 36.4 Å². The SMILES string of the molecule is CC1CN(c2ccc(NC(=O)[C@H](CC3CC3)Oc3ccc(Cl)cc3)c(C(=O)O)c2)C[C@H](C)O1. The summed E-state index contributed by atoms with van der Waals surface area (Å²) in [6.07, 6.45) is 2.10. The van der Waals surface area contributed by atoms with Crippen molar-refractivity contribution in [1.29, 1.82) is 0 Å². The molecule has 0 spiro atoms. The predicted octanol–water partition coefficient (Wildman–Crippen LogP) is 4.84. The summed E-state index contributed by atoms with van der Waals surface area (Å²) in [6, 6.07) is 11.9. The van der Waals surface area contributed by atoms with Crippen LogP contribution in [0.3, 0.4) is 0 Å². The van der Waals surface area contributed by atoms with E-state index in [0.29, 0.717) is 36.2 Å². The molecule has 1 amide bonds. The number of rotatable bonds is 8. The van der Waals surface area contributed by atoms with Gasteiger partial charge in [0.2, 0.25) is 0 Å². The van der Waals surface area contributed by atoms with Crippen LogP contribution in [0.15, 0.2) is 42.5 Å². The lowest BCUT2D eigenvalue weighted by Gasteiger charge is -2.37. The zero-order chi connectivity index (χ0) is 23.5. The summed E-state index contributed by atoms with van der Waals surface area (Å²) >= 11 is 5.94. The maximum absolute atomic E-state index is 13.1. The number of carbonyl (C=O) groups excluding carboxylic acids is 1. The van der Waals surface area contributed by atoms with Gasteiger partial charge < -0.3 is 24.8 Å². The molecule has 2 aromatic rings. The molecule has 2 N–H and O–H groups in total. The minimum absolute atomic E-state index is 0.0457. The maximum atomic E-state index is 13.1. The van der Waals surface area contributed by atoms with Crippen LogP contribution in [0.1, 0.15) is 43.5 Å². The van der Waals surface area contributed by atoms with E-state index in [1.165, 1.54) is 0 Å². The van der Waals surface area contributed by atoms with Crippen LogP contribution in [0.5, 0.6) is 5.75 Å². The van der Waals surface area contributed by atoms with E-state index in [9.17, 15) is 14.7 Å². The number of carbonyl (C=O) groups is 2. The number of hydrogen-bond acceptors (Lipinski definition) is 5. The summed E-state index contributed by atoms with van der Waals surface area (Å²) in [4.78, 5) is 27.2. The Morgan fingerprint density at radius 1 is 1.15 bits per heavy atom. The molecular formula is C25H29ClN2O5. The lowest BCUT2D eigenvalue weighted by molar-refractivity contribution is -0.123. The fourth-order valence-corrected chi connectivity index (χ4v) is 4.29. The van der Waals surface area contributed by atoms with Gasteiger partial charge in [-0.1, -0.05) is 24.4 Å². The molecule has 0 aromatic heterocycles. The molecule has 2 fully saturated rings. The normalized spacial score (nSPS) is 21.4. The first-order chi connectivity index (χ1) is 15.8. The fourth-order valence-electron chi connectivity index (χ4n) is 4.16. The average Bonchev–Trinajstić information content (AvgIpc) is 3.58. The molecule has 1 unspecified atom stereocenters. The van der Waals surface area contributed by atoms with Gasteiger partial charge in [-0.05, 0) is 68.7 Å². The van der Waals surface area contributed by atoms with Crippen molar-refractivity contribution in [3.8, 4) is 5.75 Å². The van der Waals surface area contributed by atoms with E-state index in [2.05, 4.69) is 10.2 Å². The molecule has 2 aromatic carbocycles. The largest absolute Gasteiger partial charge is 0.481 e. The van der Waals surface area contributed by atoms with Crippen molar-refractivity contribution in [2.45, 2.75) is 51.4 Å². The highest BCUT2D eigenvalue weighted by atomic mass is 35.5. The molecule has 0 radical (unpaired) electrons. The highest BCUT2D eigenvalue weighted by Gasteiger charge is 2.32. The first-order valence-corrected chi connectivity index (χ1v) is 11.7. The lowest BCUT2D eigenvalue weighted by atomic mass is 10.1. The molecule has 1 saturated carbocycles. The molecule has 3 atom stereocenters. The highest BCUT2D eigenvalue weighted by molar-refractivity contribution is 6.30. The van der Waals surface area contributed by atoms with E-state index >= 15 is 0 Å². The Kier molecular flexibility index (Phi) is 7.10. The highest BCUT2D eigenvalue weighted by Crippen LogP contribution is 2.35. The van der Waals surface area contributed by atoms with Crippen LogP contribution in [0.25, 0.3) is 0 Å². The summed E-state index contributed by atoms with van der Waals surface area (Å²) in [6.45, 7) is 5.34. The molecule has 33 heavy (non-hydrogen) atoms. The Labute approximate surface area is 198 Å². The van der Waals surface area contributed by atoms with Gasteiger partial charge in [0.25, 0.3) is 5.91 Å². The van der Waals surface area contributed by atoms with E-state index in [4.69, 9.17) is 21.1 Å². The average molecular weight is 473 g/mol. The standard InChI is InChI=1S/C25H29ClN2O5/c1-15-13-28(14-16(2)32-15)19-7-10-22(21(12-19)25(30)31)27-24(29)23(11-17-3-4-17)33-20-8-5-18(26)6-9-20/h5-10,12,15-17,23H,3-4,11,13-14H2,1-2H3,(H,27,29)(H,30,31)/t15-,16?,23-/m0/s1. The number of carboxylic acids is 1. The van der Waals surface area contributed by atoms with E-state index in [0.717, 1.165) is 18.5 Å². The Morgan fingerprint density at radius 3 is 2.42 bits per heavy atom. The van der Waals surface area contributed by atoms with Gasteiger partial charge in [0, 0.05) is 23.8 Å². The molecule has 7 nitrogen and oxygen atoms in total. The Balaban J connectivity index is 1.52. The molecule has 8 heteroatoms. The van der Waals surface area contributed by atoms with E-state index in [1.807, 2.05) is 19.9 Å². The monoisotopic (exact) mass is 472 g/mol. The number of benzene rings is 2. The summed E-state index contributed by atoms with van der Waals surface area (Å²) in [5, 5.41) is 13.2. The molecule has 176 valence electrons. The van der Waals surface area contributed by atoms with Crippen molar-refractivity contribution in [2.75, 3.05) is 23.3 Å². The second kappa shape index (κ2) is 10.0. The summed E-state index contributed by atoms with van der Waals surface area (Å²) in [5.41, 5.74) is 1.09.